The minimum atomic E-state index is 0.0694. The Hall–Kier alpha value is -2.83. The first kappa shape index (κ1) is 13.6. The Morgan fingerprint density at radius 1 is 1.10 bits per heavy atom. The van der Waals surface area contributed by atoms with Gasteiger partial charge in [0.05, 0.1) is 26.5 Å². The predicted octanol–water partition coefficient (Wildman–Crippen LogP) is 2.09. The van der Waals surface area contributed by atoms with Gasteiger partial charge in [-0.1, -0.05) is 17.3 Å². The molecule has 0 saturated carbocycles. The molecule has 0 bridgehead atoms. The molecule has 1 N–H and O–H groups in total. The highest BCUT2D eigenvalue weighted by molar-refractivity contribution is 5.83. The Kier molecular flexibility index (Phi) is 4.33. The zero-order chi connectivity index (χ0) is 14.4. The summed E-state index contributed by atoms with van der Waals surface area (Å²) in [5, 5.41) is 11.6. The number of nitrogens with zero attached hydrogens (tertiary/aromatic N) is 3. The molecule has 1 heterocycles. The summed E-state index contributed by atoms with van der Waals surface area (Å²) in [7, 11) is 2.97. The maximum absolute atomic E-state index is 8.62. The first-order chi connectivity index (χ1) is 9.76. The Morgan fingerprint density at radius 2 is 1.75 bits per heavy atom. The molecule has 0 fully saturated rings. The van der Waals surface area contributed by atoms with E-state index in [9.17, 15) is 0 Å². The van der Waals surface area contributed by atoms with Crippen LogP contribution in [-0.2, 0) is 0 Å². The third-order valence-corrected chi connectivity index (χ3v) is 2.39. The molecular formula is C13H13N3O4. The van der Waals surface area contributed by atoms with Crippen LogP contribution < -0.4 is 14.2 Å². The number of para-hydroxylation sites is 1. The lowest BCUT2D eigenvalue weighted by atomic mass is 10.2. The molecule has 1 aromatic carbocycles. The monoisotopic (exact) mass is 275 g/mol. The fraction of sp³-hybridized carbons (Fsp3) is 0.154. The Labute approximate surface area is 115 Å². The van der Waals surface area contributed by atoms with Crippen molar-refractivity contribution in [2.24, 2.45) is 5.16 Å². The number of ether oxygens (including phenoxy) is 3. The molecule has 1 aromatic heterocycles. The van der Waals surface area contributed by atoms with Crippen molar-refractivity contribution < 1.29 is 19.4 Å². The predicted molar refractivity (Wildman–Crippen MR) is 71.0 cm³/mol. The molecule has 0 aliphatic heterocycles. The van der Waals surface area contributed by atoms with Crippen molar-refractivity contribution in [1.29, 1.82) is 0 Å². The molecule has 104 valence electrons. The third-order valence-electron chi connectivity index (χ3n) is 2.39. The van der Waals surface area contributed by atoms with Gasteiger partial charge in [-0.15, -0.1) is 0 Å². The van der Waals surface area contributed by atoms with Crippen LogP contribution in [0.3, 0.4) is 0 Å². The van der Waals surface area contributed by atoms with E-state index in [4.69, 9.17) is 19.4 Å². The topological polar surface area (TPSA) is 86.1 Å². The van der Waals surface area contributed by atoms with Crippen LogP contribution >= 0.6 is 0 Å². The van der Waals surface area contributed by atoms with Crippen molar-refractivity contribution in [3.63, 3.8) is 0 Å². The SMILES string of the molecule is COc1cc(OC)nc(Oc2ccccc2/C=N/O)n1. The highest BCUT2D eigenvalue weighted by atomic mass is 16.5. The molecule has 0 aliphatic carbocycles. The van der Waals surface area contributed by atoms with Gasteiger partial charge >= 0.3 is 6.01 Å². The summed E-state index contributed by atoms with van der Waals surface area (Å²) in [6, 6.07) is 8.60. The van der Waals surface area contributed by atoms with Crippen molar-refractivity contribution in [1.82, 2.24) is 9.97 Å². The highest BCUT2D eigenvalue weighted by Crippen LogP contribution is 2.25. The summed E-state index contributed by atoms with van der Waals surface area (Å²) in [5.41, 5.74) is 0.584. The molecule has 0 saturated heterocycles. The number of benzene rings is 1. The molecule has 2 rings (SSSR count). The van der Waals surface area contributed by atoms with E-state index in [0.29, 0.717) is 23.1 Å². The van der Waals surface area contributed by atoms with Crippen LogP contribution in [-0.4, -0.2) is 35.6 Å². The fourth-order valence-corrected chi connectivity index (χ4v) is 1.48. The van der Waals surface area contributed by atoms with Crippen LogP contribution in [0.4, 0.5) is 0 Å². The second kappa shape index (κ2) is 6.37. The minimum Gasteiger partial charge on any atom is -0.481 e. The maximum atomic E-state index is 8.62. The summed E-state index contributed by atoms with van der Waals surface area (Å²) in [6.45, 7) is 0. The first-order valence-electron chi connectivity index (χ1n) is 5.68. The molecule has 7 heteroatoms. The van der Waals surface area contributed by atoms with Gasteiger partial charge in [0.15, 0.2) is 0 Å². The van der Waals surface area contributed by atoms with E-state index in [0.717, 1.165) is 0 Å². The van der Waals surface area contributed by atoms with E-state index in [2.05, 4.69) is 15.1 Å². The average Bonchev–Trinajstić information content (AvgIpc) is 2.49. The zero-order valence-corrected chi connectivity index (χ0v) is 11.0. The van der Waals surface area contributed by atoms with Gasteiger partial charge < -0.3 is 19.4 Å². The van der Waals surface area contributed by atoms with Crippen LogP contribution in [0.1, 0.15) is 5.56 Å². The molecule has 20 heavy (non-hydrogen) atoms. The van der Waals surface area contributed by atoms with E-state index in [1.807, 2.05) is 0 Å². The Morgan fingerprint density at radius 3 is 2.35 bits per heavy atom. The smallest absolute Gasteiger partial charge is 0.328 e. The first-order valence-corrected chi connectivity index (χ1v) is 5.68. The standard InChI is InChI=1S/C13H13N3O4/c1-18-11-7-12(19-2)16-13(15-11)20-10-6-4-3-5-9(10)8-14-17/h3-8,17H,1-2H3/b14-8+. The number of hydrogen-bond acceptors (Lipinski definition) is 7. The van der Waals surface area contributed by atoms with E-state index in [1.165, 1.54) is 26.5 Å². The van der Waals surface area contributed by atoms with Crippen LogP contribution in [0.2, 0.25) is 0 Å². The van der Waals surface area contributed by atoms with Crippen LogP contribution in [0.25, 0.3) is 0 Å². The van der Waals surface area contributed by atoms with Crippen molar-refractivity contribution in [2.75, 3.05) is 14.2 Å². The van der Waals surface area contributed by atoms with Crippen molar-refractivity contribution in [2.45, 2.75) is 0 Å². The number of hydrogen-bond donors (Lipinski definition) is 1. The number of methoxy groups -OCH3 is 2. The van der Waals surface area contributed by atoms with Crippen molar-refractivity contribution in [3.05, 3.63) is 35.9 Å². The Balaban J connectivity index is 2.34. The molecule has 0 amide bonds. The van der Waals surface area contributed by atoms with Gasteiger partial charge in [-0.2, -0.15) is 9.97 Å². The average molecular weight is 275 g/mol. The fourth-order valence-electron chi connectivity index (χ4n) is 1.48. The number of oxime groups is 1. The number of rotatable bonds is 5. The van der Waals surface area contributed by atoms with Crippen LogP contribution in [0.5, 0.6) is 23.5 Å². The largest absolute Gasteiger partial charge is 0.481 e. The number of aromatic nitrogens is 2. The summed E-state index contributed by atoms with van der Waals surface area (Å²) in [5.74, 6) is 1.08. The van der Waals surface area contributed by atoms with Gasteiger partial charge in [0.1, 0.15) is 5.75 Å². The molecular weight excluding hydrogens is 262 g/mol. The lowest BCUT2D eigenvalue weighted by Gasteiger charge is -2.08. The van der Waals surface area contributed by atoms with Gasteiger partial charge in [-0.3, -0.25) is 0 Å². The van der Waals surface area contributed by atoms with E-state index in [1.54, 1.807) is 24.3 Å². The second-order valence-corrected chi connectivity index (χ2v) is 3.62. The van der Waals surface area contributed by atoms with Crippen molar-refractivity contribution in [3.8, 4) is 23.5 Å². The zero-order valence-electron chi connectivity index (χ0n) is 11.0. The molecule has 0 aliphatic rings. The molecule has 0 unspecified atom stereocenters. The van der Waals surface area contributed by atoms with Crippen molar-refractivity contribution >= 4 is 6.21 Å². The van der Waals surface area contributed by atoms with Gasteiger partial charge in [0, 0.05) is 5.56 Å². The van der Waals surface area contributed by atoms with Gasteiger partial charge in [0.2, 0.25) is 11.8 Å². The summed E-state index contributed by atoms with van der Waals surface area (Å²) >= 11 is 0. The third kappa shape index (κ3) is 3.14. The molecule has 0 atom stereocenters. The highest BCUT2D eigenvalue weighted by Gasteiger charge is 2.09. The molecule has 0 radical (unpaired) electrons. The quantitative estimate of drug-likeness (QED) is 0.511. The lowest BCUT2D eigenvalue weighted by molar-refractivity contribution is 0.321. The van der Waals surface area contributed by atoms with Crippen LogP contribution in [0.15, 0.2) is 35.5 Å². The minimum absolute atomic E-state index is 0.0694. The summed E-state index contributed by atoms with van der Waals surface area (Å²) < 4.78 is 15.6. The summed E-state index contributed by atoms with van der Waals surface area (Å²) in [4.78, 5) is 8.11. The maximum Gasteiger partial charge on any atom is 0.328 e. The van der Waals surface area contributed by atoms with Gasteiger partial charge in [-0.25, -0.2) is 0 Å². The van der Waals surface area contributed by atoms with Gasteiger partial charge in [0.25, 0.3) is 0 Å². The normalized spacial score (nSPS) is 10.5. The molecule has 0 spiro atoms. The second-order valence-electron chi connectivity index (χ2n) is 3.62. The van der Waals surface area contributed by atoms with Gasteiger partial charge in [-0.05, 0) is 12.1 Å². The molecule has 7 nitrogen and oxygen atoms in total. The molecule has 2 aromatic rings. The summed E-state index contributed by atoms with van der Waals surface area (Å²) in [6.07, 6.45) is 1.26. The van der Waals surface area contributed by atoms with E-state index >= 15 is 0 Å². The van der Waals surface area contributed by atoms with E-state index < -0.39 is 0 Å². The van der Waals surface area contributed by atoms with Crippen LogP contribution in [0, 0.1) is 0 Å². The van der Waals surface area contributed by atoms with E-state index in [-0.39, 0.29) is 6.01 Å². The Bertz CT molecular complexity index is 594. The lowest BCUT2D eigenvalue weighted by Crippen LogP contribution is -1.99.